The van der Waals surface area contributed by atoms with E-state index in [1.54, 1.807) is 0 Å². The van der Waals surface area contributed by atoms with Crippen molar-refractivity contribution >= 4 is 70.5 Å². The molecular formula is C45H28N4OS. The summed E-state index contributed by atoms with van der Waals surface area (Å²) in [6.45, 7) is 0. The number of furan rings is 1. The summed E-state index contributed by atoms with van der Waals surface area (Å²) in [5.74, 6) is 1.85. The first kappa shape index (κ1) is 29.3. The molecule has 0 aliphatic rings. The van der Waals surface area contributed by atoms with E-state index >= 15 is 0 Å². The highest BCUT2D eigenvalue weighted by molar-refractivity contribution is 7.25. The van der Waals surface area contributed by atoms with Crippen molar-refractivity contribution in [3.05, 3.63) is 170 Å². The first-order chi connectivity index (χ1) is 25.3. The molecule has 0 bridgehead atoms. The van der Waals surface area contributed by atoms with E-state index < -0.39 is 0 Å². The van der Waals surface area contributed by atoms with E-state index in [4.69, 9.17) is 19.4 Å². The molecule has 3 heterocycles. The van der Waals surface area contributed by atoms with E-state index in [1.165, 1.54) is 20.2 Å². The minimum atomic E-state index is 0.599. The van der Waals surface area contributed by atoms with Gasteiger partial charge in [-0.2, -0.15) is 0 Å². The molecule has 3 aromatic heterocycles. The average molecular weight is 673 g/mol. The van der Waals surface area contributed by atoms with E-state index in [0.717, 1.165) is 55.7 Å². The van der Waals surface area contributed by atoms with Crippen molar-refractivity contribution in [3.63, 3.8) is 0 Å². The lowest BCUT2D eigenvalue weighted by atomic mass is 10.0. The second kappa shape index (κ2) is 12.1. The van der Waals surface area contributed by atoms with Crippen molar-refractivity contribution in [2.45, 2.75) is 0 Å². The Bertz CT molecular complexity index is 2810. The Labute approximate surface area is 297 Å². The average Bonchev–Trinajstić information content (AvgIpc) is 3.77. The van der Waals surface area contributed by atoms with Gasteiger partial charge in [0.1, 0.15) is 11.2 Å². The fourth-order valence-electron chi connectivity index (χ4n) is 6.95. The molecule has 240 valence electrons. The topological polar surface area (TPSA) is 55.1 Å². The third-order valence-corrected chi connectivity index (χ3v) is 10.5. The zero-order valence-corrected chi connectivity index (χ0v) is 28.1. The largest absolute Gasteiger partial charge is 0.456 e. The van der Waals surface area contributed by atoms with E-state index in [9.17, 15) is 0 Å². The molecule has 0 radical (unpaired) electrons. The smallest absolute Gasteiger partial charge is 0.164 e. The fourth-order valence-corrected chi connectivity index (χ4v) is 8.03. The second-order valence-electron chi connectivity index (χ2n) is 12.4. The molecule has 10 rings (SSSR count). The van der Waals surface area contributed by atoms with Gasteiger partial charge in [0.25, 0.3) is 0 Å². The van der Waals surface area contributed by atoms with Crippen LogP contribution in [-0.2, 0) is 0 Å². The van der Waals surface area contributed by atoms with Gasteiger partial charge in [0.2, 0.25) is 0 Å². The summed E-state index contributed by atoms with van der Waals surface area (Å²) in [4.78, 5) is 17.3. The van der Waals surface area contributed by atoms with E-state index in [0.29, 0.717) is 17.5 Å². The van der Waals surface area contributed by atoms with Gasteiger partial charge >= 0.3 is 0 Å². The van der Waals surface area contributed by atoms with Gasteiger partial charge in [-0.15, -0.1) is 11.3 Å². The van der Waals surface area contributed by atoms with Crippen LogP contribution in [0.3, 0.4) is 0 Å². The summed E-state index contributed by atoms with van der Waals surface area (Å²) in [7, 11) is 0. The summed E-state index contributed by atoms with van der Waals surface area (Å²) >= 11 is 1.83. The maximum atomic E-state index is 6.63. The lowest BCUT2D eigenvalue weighted by molar-refractivity contribution is 0.669. The summed E-state index contributed by atoms with van der Waals surface area (Å²) in [5.41, 5.74) is 7.49. The van der Waals surface area contributed by atoms with Crippen LogP contribution in [0.4, 0.5) is 17.1 Å². The predicted octanol–water partition coefficient (Wildman–Crippen LogP) is 12.6. The van der Waals surface area contributed by atoms with Crippen molar-refractivity contribution in [2.24, 2.45) is 0 Å². The quantitative estimate of drug-likeness (QED) is 0.176. The van der Waals surface area contributed by atoms with Gasteiger partial charge in [-0.25, -0.2) is 15.0 Å². The zero-order chi connectivity index (χ0) is 33.7. The molecule has 0 aliphatic heterocycles. The molecular weight excluding hydrogens is 645 g/mol. The van der Waals surface area contributed by atoms with Crippen LogP contribution in [-0.4, -0.2) is 15.0 Å². The Kier molecular flexibility index (Phi) is 6.93. The van der Waals surface area contributed by atoms with Crippen LogP contribution < -0.4 is 4.90 Å². The van der Waals surface area contributed by atoms with Gasteiger partial charge in [0.15, 0.2) is 17.5 Å². The van der Waals surface area contributed by atoms with E-state index in [-0.39, 0.29) is 0 Å². The van der Waals surface area contributed by atoms with Crippen LogP contribution in [0, 0.1) is 0 Å². The van der Waals surface area contributed by atoms with Crippen molar-refractivity contribution in [1.82, 2.24) is 15.0 Å². The molecule has 0 saturated heterocycles. The Morgan fingerprint density at radius 2 is 1.02 bits per heavy atom. The minimum absolute atomic E-state index is 0.599. The molecule has 0 atom stereocenters. The van der Waals surface area contributed by atoms with Crippen molar-refractivity contribution in [2.75, 3.05) is 4.90 Å². The molecule has 10 aromatic rings. The van der Waals surface area contributed by atoms with Crippen molar-refractivity contribution < 1.29 is 4.42 Å². The number of aromatic nitrogens is 3. The Balaban J connectivity index is 1.14. The highest BCUT2D eigenvalue weighted by Gasteiger charge is 2.20. The molecule has 0 spiro atoms. The monoisotopic (exact) mass is 672 g/mol. The third-order valence-electron chi connectivity index (χ3n) is 9.31. The lowest BCUT2D eigenvalue weighted by Gasteiger charge is -2.25. The first-order valence-corrected chi connectivity index (χ1v) is 17.7. The molecule has 6 heteroatoms. The number of hydrogen-bond acceptors (Lipinski definition) is 6. The van der Waals surface area contributed by atoms with Crippen LogP contribution in [0.1, 0.15) is 0 Å². The Morgan fingerprint density at radius 3 is 1.76 bits per heavy atom. The predicted molar refractivity (Wildman–Crippen MR) is 211 cm³/mol. The summed E-state index contributed by atoms with van der Waals surface area (Å²) in [6, 6.07) is 58.5. The Morgan fingerprint density at radius 1 is 0.412 bits per heavy atom. The molecule has 7 aromatic carbocycles. The SMILES string of the molecule is c1ccc(-c2nc(-c3ccccc3)nc(-c3cccc4oc5cc(N(c6ccccc6)c6ccc7sc8ccccc8c7c6)ccc5c34)n2)cc1. The molecule has 0 fully saturated rings. The number of anilines is 3. The number of para-hydroxylation sites is 1. The number of benzene rings is 7. The molecule has 51 heavy (non-hydrogen) atoms. The van der Waals surface area contributed by atoms with Gasteiger partial charge in [-0.05, 0) is 54.6 Å². The van der Waals surface area contributed by atoms with Crippen LogP contribution >= 0.6 is 11.3 Å². The van der Waals surface area contributed by atoms with E-state index in [2.05, 4.69) is 102 Å². The first-order valence-electron chi connectivity index (χ1n) is 16.9. The van der Waals surface area contributed by atoms with Crippen LogP contribution in [0.15, 0.2) is 174 Å². The van der Waals surface area contributed by atoms with Gasteiger partial charge in [-0.1, -0.05) is 109 Å². The second-order valence-corrected chi connectivity index (χ2v) is 13.5. The number of hydrogen-bond donors (Lipinski definition) is 0. The lowest BCUT2D eigenvalue weighted by Crippen LogP contribution is -2.09. The normalized spacial score (nSPS) is 11.5. The number of thiophene rings is 1. The molecule has 0 N–H and O–H groups in total. The summed E-state index contributed by atoms with van der Waals surface area (Å²) in [6.07, 6.45) is 0. The van der Waals surface area contributed by atoms with Gasteiger partial charge < -0.3 is 9.32 Å². The molecule has 0 unspecified atom stereocenters. The van der Waals surface area contributed by atoms with Crippen molar-refractivity contribution in [1.29, 1.82) is 0 Å². The standard InChI is InChI=1S/C45H28N4OS/c1-4-13-29(14-5-1)43-46-44(30-15-6-2-7-16-30)48-45(47-43)36-20-12-21-38-42(36)35-25-23-33(28-39(35)50-38)49(31-17-8-3-9-18-31)32-24-26-41-37(27-32)34-19-10-11-22-40(34)51-41/h1-28H. The molecule has 0 aliphatic carbocycles. The van der Waals surface area contributed by atoms with Crippen LogP contribution in [0.5, 0.6) is 0 Å². The fraction of sp³-hybridized carbons (Fsp3) is 0. The highest BCUT2D eigenvalue weighted by Crippen LogP contribution is 2.43. The van der Waals surface area contributed by atoms with E-state index in [1.807, 2.05) is 84.1 Å². The number of nitrogens with zero attached hydrogens (tertiary/aromatic N) is 4. The zero-order valence-electron chi connectivity index (χ0n) is 27.3. The van der Waals surface area contributed by atoms with Gasteiger partial charge in [0.05, 0.1) is 0 Å². The van der Waals surface area contributed by atoms with Crippen LogP contribution in [0.25, 0.3) is 76.3 Å². The van der Waals surface area contributed by atoms with Gasteiger partial charge in [0, 0.05) is 70.8 Å². The highest BCUT2D eigenvalue weighted by atomic mass is 32.1. The van der Waals surface area contributed by atoms with Crippen LogP contribution in [0.2, 0.25) is 0 Å². The maximum absolute atomic E-state index is 6.63. The molecule has 0 saturated carbocycles. The number of fused-ring (bicyclic) bond motifs is 6. The number of rotatable bonds is 6. The summed E-state index contributed by atoms with van der Waals surface area (Å²) < 4.78 is 9.19. The maximum Gasteiger partial charge on any atom is 0.164 e. The molecule has 5 nitrogen and oxygen atoms in total. The molecule has 0 amide bonds. The minimum Gasteiger partial charge on any atom is -0.456 e. The third kappa shape index (κ3) is 5.12. The van der Waals surface area contributed by atoms with Crippen molar-refractivity contribution in [3.8, 4) is 34.2 Å². The van der Waals surface area contributed by atoms with Gasteiger partial charge in [-0.3, -0.25) is 0 Å². The Hall–Kier alpha value is -6.63. The summed E-state index contributed by atoms with van der Waals surface area (Å²) in [5, 5.41) is 4.50.